The minimum Gasteiger partial charge on any atom is -0.462 e. The lowest BCUT2D eigenvalue weighted by Gasteiger charge is -2.40. The summed E-state index contributed by atoms with van der Waals surface area (Å²) in [6.07, 6.45) is 0.582. The highest BCUT2D eigenvalue weighted by Crippen LogP contribution is 2.55. The van der Waals surface area contributed by atoms with Crippen molar-refractivity contribution in [2.24, 2.45) is 5.73 Å². The van der Waals surface area contributed by atoms with Crippen LogP contribution in [-0.2, 0) is 29.3 Å². The van der Waals surface area contributed by atoms with Gasteiger partial charge in [-0.15, -0.1) is 0 Å². The number of rotatable bonds is 3. The number of fused-ring (bicyclic) bond motifs is 3. The molecule has 0 radical (unpaired) electrons. The standard InChI is InChI=1S/C25H22N2O5/c1-2-31-23(29)21-22(26)32-19-13-15(14-8-4-3-5-9-14)12-18(28)20(19)25(21)16-10-6-7-11-17(16)27-24(25)30/h3-11,15H,2,12-13,26H2,1H3,(H,27,30). The molecule has 1 aliphatic carbocycles. The van der Waals surface area contributed by atoms with Gasteiger partial charge in [0.2, 0.25) is 11.8 Å². The minimum absolute atomic E-state index is 0.0882. The Morgan fingerprint density at radius 1 is 1.12 bits per heavy atom. The topological polar surface area (TPSA) is 108 Å². The van der Waals surface area contributed by atoms with Crippen LogP contribution in [0.15, 0.2) is 77.4 Å². The van der Waals surface area contributed by atoms with E-state index in [2.05, 4.69) is 5.32 Å². The van der Waals surface area contributed by atoms with Crippen molar-refractivity contribution in [1.29, 1.82) is 0 Å². The molecule has 0 fully saturated rings. The van der Waals surface area contributed by atoms with Crippen molar-refractivity contribution in [1.82, 2.24) is 0 Å². The van der Waals surface area contributed by atoms with Crippen LogP contribution in [0.3, 0.4) is 0 Å². The summed E-state index contributed by atoms with van der Waals surface area (Å²) < 4.78 is 11.1. The number of benzene rings is 2. The van der Waals surface area contributed by atoms with E-state index in [1.54, 1.807) is 31.2 Å². The average molecular weight is 430 g/mol. The fourth-order valence-electron chi connectivity index (χ4n) is 5.06. The summed E-state index contributed by atoms with van der Waals surface area (Å²) in [5, 5.41) is 2.82. The summed E-state index contributed by atoms with van der Waals surface area (Å²) in [6.45, 7) is 1.75. The number of nitrogens with two attached hydrogens (primary N) is 1. The minimum atomic E-state index is -1.70. The smallest absolute Gasteiger partial charge is 0.341 e. The Hall–Kier alpha value is -3.87. The summed E-state index contributed by atoms with van der Waals surface area (Å²) in [5.41, 5.74) is 6.61. The normalized spacial score (nSPS) is 24.1. The monoisotopic (exact) mass is 430 g/mol. The number of allylic oxidation sites excluding steroid dienone is 1. The molecule has 7 heteroatoms. The molecule has 0 aromatic heterocycles. The Labute approximate surface area is 184 Å². The third kappa shape index (κ3) is 2.70. The van der Waals surface area contributed by atoms with E-state index in [1.165, 1.54) is 0 Å². The van der Waals surface area contributed by atoms with Crippen molar-refractivity contribution in [3.05, 3.63) is 88.5 Å². The zero-order valence-electron chi connectivity index (χ0n) is 17.5. The summed E-state index contributed by atoms with van der Waals surface area (Å²) in [6, 6.07) is 16.7. The van der Waals surface area contributed by atoms with E-state index in [0.29, 0.717) is 23.4 Å². The molecule has 0 bridgehead atoms. The molecular weight excluding hydrogens is 408 g/mol. The van der Waals surface area contributed by atoms with E-state index < -0.39 is 17.3 Å². The molecule has 2 heterocycles. The number of Topliss-reactive ketones (excluding diaryl/α,β-unsaturated/α-hetero) is 1. The van der Waals surface area contributed by atoms with Gasteiger partial charge in [-0.05, 0) is 24.5 Å². The first kappa shape index (κ1) is 20.1. The van der Waals surface area contributed by atoms with Crippen LogP contribution in [-0.4, -0.2) is 24.3 Å². The van der Waals surface area contributed by atoms with E-state index in [9.17, 15) is 14.4 Å². The highest BCUT2D eigenvalue weighted by atomic mass is 16.5. The van der Waals surface area contributed by atoms with Crippen LogP contribution in [0.5, 0.6) is 0 Å². The second kappa shape index (κ2) is 7.37. The Morgan fingerprint density at radius 2 is 1.84 bits per heavy atom. The van der Waals surface area contributed by atoms with Crippen LogP contribution >= 0.6 is 0 Å². The summed E-state index contributed by atoms with van der Waals surface area (Å²) in [4.78, 5) is 40.2. The van der Waals surface area contributed by atoms with E-state index in [-0.39, 0.29) is 41.8 Å². The molecule has 2 atom stereocenters. The van der Waals surface area contributed by atoms with Gasteiger partial charge in [0.15, 0.2) is 5.78 Å². The largest absolute Gasteiger partial charge is 0.462 e. The summed E-state index contributed by atoms with van der Waals surface area (Å²) in [7, 11) is 0. The third-order valence-corrected chi connectivity index (χ3v) is 6.32. The van der Waals surface area contributed by atoms with E-state index in [0.717, 1.165) is 5.56 Å². The molecule has 0 saturated carbocycles. The van der Waals surface area contributed by atoms with Gasteiger partial charge in [0, 0.05) is 24.1 Å². The lowest BCUT2D eigenvalue weighted by Crippen LogP contribution is -2.49. The van der Waals surface area contributed by atoms with E-state index in [4.69, 9.17) is 15.2 Å². The van der Waals surface area contributed by atoms with Gasteiger partial charge in [-0.3, -0.25) is 9.59 Å². The number of nitrogens with one attached hydrogen (secondary N) is 1. The van der Waals surface area contributed by atoms with Crippen molar-refractivity contribution in [3.8, 4) is 0 Å². The van der Waals surface area contributed by atoms with Crippen LogP contribution in [0.25, 0.3) is 0 Å². The van der Waals surface area contributed by atoms with Gasteiger partial charge in [0.1, 0.15) is 16.7 Å². The highest BCUT2D eigenvalue weighted by molar-refractivity contribution is 6.22. The van der Waals surface area contributed by atoms with Crippen LogP contribution in [0.2, 0.25) is 0 Å². The number of ether oxygens (including phenoxy) is 2. The number of amides is 1. The molecular formula is C25H22N2O5. The van der Waals surface area contributed by atoms with Gasteiger partial charge < -0.3 is 20.5 Å². The predicted octanol–water partition coefficient (Wildman–Crippen LogP) is 3.04. The van der Waals surface area contributed by atoms with E-state index >= 15 is 0 Å². The molecule has 0 saturated heterocycles. The number of hydrogen-bond donors (Lipinski definition) is 2. The number of ketones is 1. The number of para-hydroxylation sites is 1. The number of hydrogen-bond acceptors (Lipinski definition) is 6. The molecule has 1 spiro atoms. The second-order valence-electron chi connectivity index (χ2n) is 8.05. The first-order chi connectivity index (χ1) is 15.5. The van der Waals surface area contributed by atoms with Crippen molar-refractivity contribution >= 4 is 23.3 Å². The lowest BCUT2D eigenvalue weighted by molar-refractivity contribution is -0.141. The zero-order valence-corrected chi connectivity index (χ0v) is 17.5. The molecule has 2 aliphatic heterocycles. The molecule has 3 aliphatic rings. The van der Waals surface area contributed by atoms with Gasteiger partial charge in [-0.1, -0.05) is 48.5 Å². The van der Waals surface area contributed by atoms with Gasteiger partial charge in [-0.2, -0.15) is 0 Å². The lowest BCUT2D eigenvalue weighted by atomic mass is 9.63. The maximum Gasteiger partial charge on any atom is 0.341 e. The number of carbonyl (C=O) groups excluding carboxylic acids is 3. The Morgan fingerprint density at radius 3 is 2.59 bits per heavy atom. The Balaban J connectivity index is 1.73. The maximum atomic E-state index is 13.6. The molecule has 2 unspecified atom stereocenters. The molecule has 2 aromatic rings. The van der Waals surface area contributed by atoms with Crippen molar-refractivity contribution in [2.75, 3.05) is 11.9 Å². The van der Waals surface area contributed by atoms with Crippen LogP contribution < -0.4 is 11.1 Å². The third-order valence-electron chi connectivity index (χ3n) is 6.32. The van der Waals surface area contributed by atoms with Gasteiger partial charge in [0.05, 0.1) is 12.2 Å². The molecule has 1 amide bonds. The first-order valence-corrected chi connectivity index (χ1v) is 10.6. The number of anilines is 1. The molecule has 162 valence electrons. The average Bonchev–Trinajstić information content (AvgIpc) is 3.06. The fourth-order valence-corrected chi connectivity index (χ4v) is 5.06. The van der Waals surface area contributed by atoms with Gasteiger partial charge >= 0.3 is 5.97 Å². The van der Waals surface area contributed by atoms with Crippen molar-refractivity contribution < 1.29 is 23.9 Å². The molecule has 3 N–H and O–H groups in total. The Bertz CT molecular complexity index is 1210. The number of carbonyl (C=O) groups is 3. The summed E-state index contributed by atoms with van der Waals surface area (Å²) >= 11 is 0. The Kier molecular flexibility index (Phi) is 4.62. The summed E-state index contributed by atoms with van der Waals surface area (Å²) in [5.74, 6) is -1.53. The van der Waals surface area contributed by atoms with Crippen molar-refractivity contribution in [3.63, 3.8) is 0 Å². The highest BCUT2D eigenvalue weighted by Gasteiger charge is 2.62. The fraction of sp³-hybridized carbons (Fsp3) is 0.240. The van der Waals surface area contributed by atoms with Crippen LogP contribution in [0.4, 0.5) is 5.69 Å². The van der Waals surface area contributed by atoms with Crippen LogP contribution in [0, 0.1) is 0 Å². The predicted molar refractivity (Wildman–Crippen MR) is 116 cm³/mol. The molecule has 2 aromatic carbocycles. The van der Waals surface area contributed by atoms with Crippen molar-refractivity contribution in [2.45, 2.75) is 31.1 Å². The maximum absolute atomic E-state index is 13.6. The first-order valence-electron chi connectivity index (χ1n) is 10.6. The van der Waals surface area contributed by atoms with Crippen LogP contribution in [0.1, 0.15) is 36.8 Å². The molecule has 7 nitrogen and oxygen atoms in total. The molecule has 5 rings (SSSR count). The van der Waals surface area contributed by atoms with E-state index in [1.807, 2.05) is 30.3 Å². The van der Waals surface area contributed by atoms with Gasteiger partial charge in [-0.25, -0.2) is 4.79 Å². The second-order valence-corrected chi connectivity index (χ2v) is 8.05. The van der Waals surface area contributed by atoms with Gasteiger partial charge in [0.25, 0.3) is 0 Å². The SMILES string of the molecule is CCOC(=O)C1=C(N)OC2=C(C(=O)CC(c3ccccc3)C2)C12C(=O)Nc1ccccc12. The number of esters is 1. The molecule has 32 heavy (non-hydrogen) atoms. The zero-order chi connectivity index (χ0) is 22.5. The quantitative estimate of drug-likeness (QED) is 0.725.